The number of epoxide rings is 1. The predicted octanol–water partition coefficient (Wildman–Crippen LogP) is 2.73. The maximum absolute atomic E-state index is 14.2. The molecule has 8 atom stereocenters. The number of methoxy groups -OCH3 is 1. The van der Waals surface area contributed by atoms with Crippen LogP contribution in [0.1, 0.15) is 52.2 Å². The van der Waals surface area contributed by atoms with Crippen molar-refractivity contribution < 1.29 is 42.5 Å². The molecule has 2 aliphatic carbocycles. The zero-order valence-corrected chi connectivity index (χ0v) is 21.0. The highest BCUT2D eigenvalue weighted by Crippen LogP contribution is 2.78. The third-order valence-corrected chi connectivity index (χ3v) is 10.0. The zero-order valence-electron chi connectivity index (χ0n) is 21.0. The van der Waals surface area contributed by atoms with Gasteiger partial charge in [-0.15, -0.1) is 0 Å². The van der Waals surface area contributed by atoms with Crippen LogP contribution in [-0.4, -0.2) is 54.5 Å². The Labute approximate surface area is 208 Å². The average molecular weight is 499 g/mol. The molecular weight excluding hydrogens is 468 g/mol. The number of carbonyl (C=O) groups is 4. The molecule has 36 heavy (non-hydrogen) atoms. The fourth-order valence-corrected chi connectivity index (χ4v) is 8.52. The molecule has 1 aromatic heterocycles. The number of cyclic esters (lactones) is 1. The van der Waals surface area contributed by atoms with Gasteiger partial charge in [-0.25, -0.2) is 9.59 Å². The summed E-state index contributed by atoms with van der Waals surface area (Å²) in [5, 5.41) is 0. The first-order valence-electron chi connectivity index (χ1n) is 12.3. The molecule has 9 heteroatoms. The number of esters is 2. The topological polar surface area (TPSA) is 122 Å². The Kier molecular flexibility index (Phi) is 4.56. The maximum Gasteiger partial charge on any atom is 0.339 e. The van der Waals surface area contributed by atoms with E-state index in [1.54, 1.807) is 32.9 Å². The Morgan fingerprint density at radius 3 is 2.56 bits per heavy atom. The highest BCUT2D eigenvalue weighted by atomic mass is 16.7. The van der Waals surface area contributed by atoms with E-state index in [1.807, 2.05) is 6.92 Å². The van der Waals surface area contributed by atoms with E-state index in [-0.39, 0.29) is 6.61 Å². The van der Waals surface area contributed by atoms with Crippen LogP contribution in [0.15, 0.2) is 35.2 Å². The smallest absolute Gasteiger partial charge is 0.339 e. The molecule has 0 bridgehead atoms. The summed E-state index contributed by atoms with van der Waals surface area (Å²) in [6.07, 6.45) is 5.52. The Morgan fingerprint density at radius 2 is 1.89 bits per heavy atom. The van der Waals surface area contributed by atoms with Crippen molar-refractivity contribution in [2.45, 2.75) is 63.9 Å². The molecule has 1 unspecified atom stereocenters. The van der Waals surface area contributed by atoms with Crippen molar-refractivity contribution in [2.75, 3.05) is 13.7 Å². The predicted molar refractivity (Wildman–Crippen MR) is 121 cm³/mol. The summed E-state index contributed by atoms with van der Waals surface area (Å²) in [5.41, 5.74) is -4.55. The van der Waals surface area contributed by atoms with Gasteiger partial charge < -0.3 is 23.4 Å². The van der Waals surface area contributed by atoms with Crippen molar-refractivity contribution in [1.29, 1.82) is 0 Å². The lowest BCUT2D eigenvalue weighted by atomic mass is 9.37. The third-order valence-electron chi connectivity index (χ3n) is 10.0. The molecule has 0 aromatic carbocycles. The second kappa shape index (κ2) is 6.95. The van der Waals surface area contributed by atoms with E-state index < -0.39 is 75.0 Å². The van der Waals surface area contributed by atoms with Gasteiger partial charge in [-0.1, -0.05) is 13.0 Å². The van der Waals surface area contributed by atoms with Gasteiger partial charge in [0.25, 0.3) is 0 Å². The van der Waals surface area contributed by atoms with Crippen LogP contribution < -0.4 is 0 Å². The van der Waals surface area contributed by atoms with Crippen LogP contribution >= 0.6 is 0 Å². The van der Waals surface area contributed by atoms with Gasteiger partial charge in [0.2, 0.25) is 11.6 Å². The highest BCUT2D eigenvalue weighted by Gasteiger charge is 2.89. The van der Waals surface area contributed by atoms with Crippen LogP contribution in [0, 0.1) is 28.1 Å². The highest BCUT2D eigenvalue weighted by molar-refractivity contribution is 6.41. The summed E-state index contributed by atoms with van der Waals surface area (Å²) >= 11 is 0. The molecule has 0 N–H and O–H groups in total. The number of hydrogen-bond acceptors (Lipinski definition) is 9. The Balaban J connectivity index is 1.55. The van der Waals surface area contributed by atoms with Gasteiger partial charge in [0.15, 0.2) is 6.10 Å². The van der Waals surface area contributed by atoms with Crippen LogP contribution in [0.5, 0.6) is 0 Å². The SMILES string of the molecule is COC(=O)C=C[C@@]12COC(C)(C)[C@@H]1C(=O)C(=O)[C@]1(C)C2CC[C@@]2(C)[C@H](c3ccoc3)OC(=O)[C@H]3O[C@]321. The molecule has 5 fully saturated rings. The van der Waals surface area contributed by atoms with Gasteiger partial charge in [0.1, 0.15) is 11.7 Å². The molecule has 3 saturated heterocycles. The average Bonchev–Trinajstić information content (AvgIpc) is 3.29. The molecule has 192 valence electrons. The normalized spacial score (nSPS) is 46.4. The van der Waals surface area contributed by atoms with E-state index in [0.717, 1.165) is 0 Å². The van der Waals surface area contributed by atoms with E-state index in [1.165, 1.54) is 25.7 Å². The summed E-state index contributed by atoms with van der Waals surface area (Å²) in [4.78, 5) is 53.5. The number of hydrogen-bond donors (Lipinski definition) is 0. The Hall–Kier alpha value is -2.78. The molecule has 0 amide bonds. The molecule has 6 rings (SSSR count). The number of ketones is 2. The van der Waals surface area contributed by atoms with Gasteiger partial charge in [0.05, 0.1) is 43.2 Å². The lowest BCUT2D eigenvalue weighted by molar-refractivity contribution is -0.205. The van der Waals surface area contributed by atoms with Crippen LogP contribution in [0.2, 0.25) is 0 Å². The molecular formula is C27H30O9. The van der Waals surface area contributed by atoms with E-state index in [9.17, 15) is 19.2 Å². The quantitative estimate of drug-likeness (QED) is 0.268. The van der Waals surface area contributed by atoms with Gasteiger partial charge >= 0.3 is 11.9 Å². The summed E-state index contributed by atoms with van der Waals surface area (Å²) < 4.78 is 28.4. The van der Waals surface area contributed by atoms with Crippen LogP contribution in [0.3, 0.4) is 0 Å². The number of Topliss-reactive ketones (excluding diaryl/α,β-unsaturated/α-hetero) is 2. The van der Waals surface area contributed by atoms with E-state index in [4.69, 9.17) is 23.4 Å². The standard InChI is InChI=1S/C27H30O9/c1-23(2)18-17(29)19(30)25(4)15(26(18,13-34-23)10-7-16(28)32-5)6-9-24(3)20(14-8-11-33-12-14)35-22(31)21-27(24,25)36-21/h7-8,10-12,15,18,20-21H,6,9,13H2,1-5H3/t15?,18-,20-,21+,24-,25-,26-,27+/m0/s1. The first-order chi connectivity index (χ1) is 16.9. The van der Waals surface area contributed by atoms with Crippen molar-refractivity contribution in [3.63, 3.8) is 0 Å². The largest absolute Gasteiger partial charge is 0.472 e. The Morgan fingerprint density at radius 1 is 1.14 bits per heavy atom. The zero-order chi connectivity index (χ0) is 25.9. The van der Waals surface area contributed by atoms with Crippen LogP contribution in [0.4, 0.5) is 0 Å². The number of fused-ring (bicyclic) bond motifs is 3. The summed E-state index contributed by atoms with van der Waals surface area (Å²) in [6.45, 7) is 7.48. The van der Waals surface area contributed by atoms with E-state index in [0.29, 0.717) is 18.4 Å². The summed E-state index contributed by atoms with van der Waals surface area (Å²) in [6, 6.07) is 1.74. The van der Waals surface area contributed by atoms with Crippen molar-refractivity contribution >= 4 is 23.5 Å². The fourth-order valence-electron chi connectivity index (χ4n) is 8.52. The summed E-state index contributed by atoms with van der Waals surface area (Å²) in [7, 11) is 1.29. The molecule has 5 aliphatic rings. The van der Waals surface area contributed by atoms with Gasteiger partial charge in [-0.2, -0.15) is 0 Å². The first-order valence-corrected chi connectivity index (χ1v) is 12.3. The second-order valence-corrected chi connectivity index (χ2v) is 11.8. The van der Waals surface area contributed by atoms with Crippen LogP contribution in [0.25, 0.3) is 0 Å². The minimum absolute atomic E-state index is 0.157. The molecule has 2 saturated carbocycles. The molecule has 1 aromatic rings. The first kappa shape index (κ1) is 23.6. The number of rotatable bonds is 3. The van der Waals surface area contributed by atoms with E-state index >= 15 is 0 Å². The summed E-state index contributed by atoms with van der Waals surface area (Å²) in [5.74, 6) is -3.42. The number of ether oxygens (including phenoxy) is 4. The molecule has 9 nitrogen and oxygen atoms in total. The second-order valence-electron chi connectivity index (χ2n) is 11.8. The van der Waals surface area contributed by atoms with Crippen molar-refractivity contribution in [2.24, 2.45) is 28.1 Å². The lowest BCUT2D eigenvalue weighted by Crippen LogP contribution is -2.73. The molecule has 3 aliphatic heterocycles. The van der Waals surface area contributed by atoms with Crippen LogP contribution in [-0.2, 0) is 38.1 Å². The Bertz CT molecular complexity index is 1210. The van der Waals surface area contributed by atoms with Gasteiger partial charge in [-0.3, -0.25) is 9.59 Å². The minimum atomic E-state index is -1.34. The van der Waals surface area contributed by atoms with E-state index in [2.05, 4.69) is 0 Å². The third kappa shape index (κ3) is 2.43. The van der Waals surface area contributed by atoms with Gasteiger partial charge in [-0.05, 0) is 45.6 Å². The number of carbonyl (C=O) groups excluding carboxylic acids is 4. The molecule has 0 radical (unpaired) electrons. The number of furan rings is 1. The van der Waals surface area contributed by atoms with Crippen molar-refractivity contribution in [3.8, 4) is 0 Å². The fraction of sp³-hybridized carbons (Fsp3) is 0.630. The van der Waals surface area contributed by atoms with Gasteiger partial charge in [0, 0.05) is 22.5 Å². The van der Waals surface area contributed by atoms with Crippen molar-refractivity contribution in [1.82, 2.24) is 0 Å². The van der Waals surface area contributed by atoms with Crippen molar-refractivity contribution in [3.05, 3.63) is 36.3 Å². The molecule has 4 heterocycles. The monoisotopic (exact) mass is 498 g/mol. The maximum atomic E-state index is 14.2. The molecule has 1 spiro atoms. The lowest BCUT2D eigenvalue weighted by Gasteiger charge is -2.63. The minimum Gasteiger partial charge on any atom is -0.472 e.